The predicted octanol–water partition coefficient (Wildman–Crippen LogP) is 2.17. The lowest BCUT2D eigenvalue weighted by Gasteiger charge is -2.32. The van der Waals surface area contributed by atoms with E-state index in [2.05, 4.69) is 0 Å². The fraction of sp³-hybridized carbons (Fsp3) is 0.583. The van der Waals surface area contributed by atoms with Gasteiger partial charge >= 0.3 is 7.12 Å². The van der Waals surface area contributed by atoms with Gasteiger partial charge in [0.15, 0.2) is 6.29 Å². The fourth-order valence-electron chi connectivity index (χ4n) is 1.78. The van der Waals surface area contributed by atoms with Crippen molar-refractivity contribution in [2.45, 2.75) is 45.8 Å². The molecule has 2 rings (SSSR count). The van der Waals surface area contributed by atoms with Crippen molar-refractivity contribution >= 4 is 30.2 Å². The van der Waals surface area contributed by atoms with Crippen molar-refractivity contribution < 1.29 is 14.1 Å². The lowest BCUT2D eigenvalue weighted by Crippen LogP contribution is -2.41. The Morgan fingerprint density at radius 1 is 1.24 bits per heavy atom. The van der Waals surface area contributed by atoms with Crippen LogP contribution >= 0.6 is 11.3 Å². The molecule has 2 heterocycles. The molecular formula is C12H17BO3S. The fourth-order valence-corrected chi connectivity index (χ4v) is 2.64. The molecule has 0 radical (unpaired) electrons. The molecule has 0 atom stereocenters. The number of hydrogen-bond acceptors (Lipinski definition) is 4. The topological polar surface area (TPSA) is 35.5 Å². The quantitative estimate of drug-likeness (QED) is 0.597. The summed E-state index contributed by atoms with van der Waals surface area (Å²) >= 11 is 1.47. The Morgan fingerprint density at radius 2 is 1.76 bits per heavy atom. The number of thiophene rings is 1. The van der Waals surface area contributed by atoms with E-state index < -0.39 is 0 Å². The molecule has 0 N–H and O–H groups in total. The highest BCUT2D eigenvalue weighted by Crippen LogP contribution is 2.37. The Bertz CT molecular complexity index is 435. The summed E-state index contributed by atoms with van der Waals surface area (Å²) in [4.78, 5) is 12.6. The molecule has 0 saturated carbocycles. The van der Waals surface area contributed by atoms with Crippen LogP contribution in [0, 0.1) is 6.92 Å². The van der Waals surface area contributed by atoms with Crippen LogP contribution in [-0.2, 0) is 9.31 Å². The third-order valence-corrected chi connectivity index (χ3v) is 4.59. The van der Waals surface area contributed by atoms with E-state index in [0.29, 0.717) is 4.88 Å². The minimum Gasteiger partial charge on any atom is -0.399 e. The third-order valence-electron chi connectivity index (χ3n) is 3.60. The Kier molecular flexibility index (Phi) is 2.96. The van der Waals surface area contributed by atoms with Gasteiger partial charge < -0.3 is 9.31 Å². The SMILES string of the molecule is Cc1sc(C=O)cc1B1OC(C)(C)C(C)(C)O1. The zero-order chi connectivity index (χ0) is 12.8. The summed E-state index contributed by atoms with van der Waals surface area (Å²) in [6.07, 6.45) is 0.867. The maximum Gasteiger partial charge on any atom is 0.495 e. The van der Waals surface area contributed by atoms with Gasteiger partial charge in [0, 0.05) is 4.88 Å². The second kappa shape index (κ2) is 3.94. The van der Waals surface area contributed by atoms with Gasteiger partial charge in [-0.1, -0.05) is 0 Å². The van der Waals surface area contributed by atoms with E-state index in [0.717, 1.165) is 16.6 Å². The number of hydrogen-bond donors (Lipinski definition) is 0. The average molecular weight is 252 g/mol. The highest BCUT2D eigenvalue weighted by atomic mass is 32.1. The van der Waals surface area contributed by atoms with Crippen LogP contribution in [-0.4, -0.2) is 24.6 Å². The second-order valence-electron chi connectivity index (χ2n) is 5.37. The van der Waals surface area contributed by atoms with Gasteiger partial charge in [-0.2, -0.15) is 0 Å². The van der Waals surface area contributed by atoms with Crippen LogP contribution in [0.5, 0.6) is 0 Å². The third kappa shape index (κ3) is 2.07. The van der Waals surface area contributed by atoms with E-state index in [4.69, 9.17) is 9.31 Å². The Hall–Kier alpha value is -0.645. The second-order valence-corrected chi connectivity index (χ2v) is 6.65. The summed E-state index contributed by atoms with van der Waals surface area (Å²) in [5.74, 6) is 0. The van der Waals surface area contributed by atoms with E-state index in [9.17, 15) is 4.79 Å². The van der Waals surface area contributed by atoms with Gasteiger partial charge in [0.05, 0.1) is 16.1 Å². The number of aldehydes is 1. The average Bonchev–Trinajstić information content (AvgIpc) is 2.66. The summed E-state index contributed by atoms with van der Waals surface area (Å²) < 4.78 is 11.9. The molecule has 5 heteroatoms. The number of carbonyl (C=O) groups is 1. The molecule has 0 amide bonds. The molecule has 0 aliphatic carbocycles. The number of carbonyl (C=O) groups excluding carboxylic acids is 1. The summed E-state index contributed by atoms with van der Waals surface area (Å²) in [5, 5.41) is 0. The number of rotatable bonds is 2. The zero-order valence-electron chi connectivity index (χ0n) is 10.9. The Morgan fingerprint density at radius 3 is 2.18 bits per heavy atom. The molecule has 0 bridgehead atoms. The molecular weight excluding hydrogens is 235 g/mol. The van der Waals surface area contributed by atoms with Gasteiger partial charge in [-0.25, -0.2) is 0 Å². The first-order chi connectivity index (χ1) is 7.77. The molecule has 1 aromatic rings. The van der Waals surface area contributed by atoms with E-state index >= 15 is 0 Å². The smallest absolute Gasteiger partial charge is 0.399 e. The molecule has 1 fully saturated rings. The van der Waals surface area contributed by atoms with Crippen LogP contribution in [0.1, 0.15) is 42.2 Å². The van der Waals surface area contributed by atoms with Gasteiger partial charge in [-0.05, 0) is 46.1 Å². The van der Waals surface area contributed by atoms with Crippen molar-refractivity contribution in [3.63, 3.8) is 0 Å². The molecule has 1 aromatic heterocycles. The number of aryl methyl sites for hydroxylation is 1. The van der Waals surface area contributed by atoms with E-state index in [1.54, 1.807) is 0 Å². The van der Waals surface area contributed by atoms with Crippen LogP contribution in [0.4, 0.5) is 0 Å². The maximum atomic E-state index is 10.8. The molecule has 1 saturated heterocycles. The monoisotopic (exact) mass is 252 g/mol. The van der Waals surface area contributed by atoms with E-state index in [1.165, 1.54) is 11.3 Å². The van der Waals surface area contributed by atoms with Gasteiger partial charge in [-0.15, -0.1) is 11.3 Å². The first-order valence-electron chi connectivity index (χ1n) is 5.68. The molecule has 1 aliphatic heterocycles. The van der Waals surface area contributed by atoms with Crippen molar-refractivity contribution in [1.82, 2.24) is 0 Å². The molecule has 92 valence electrons. The first-order valence-corrected chi connectivity index (χ1v) is 6.49. The van der Waals surface area contributed by atoms with Gasteiger partial charge in [-0.3, -0.25) is 4.79 Å². The lowest BCUT2D eigenvalue weighted by molar-refractivity contribution is 0.00578. The summed E-state index contributed by atoms with van der Waals surface area (Å²) in [7, 11) is -0.370. The van der Waals surface area contributed by atoms with Crippen LogP contribution in [0.3, 0.4) is 0 Å². The molecule has 17 heavy (non-hydrogen) atoms. The summed E-state index contributed by atoms with van der Waals surface area (Å²) in [6, 6.07) is 1.86. The molecule has 0 spiro atoms. The highest BCUT2D eigenvalue weighted by molar-refractivity contribution is 7.15. The first kappa shape index (κ1) is 12.8. The van der Waals surface area contributed by atoms with Crippen LogP contribution in [0.2, 0.25) is 0 Å². The van der Waals surface area contributed by atoms with Crippen molar-refractivity contribution in [1.29, 1.82) is 0 Å². The van der Waals surface area contributed by atoms with E-state index in [1.807, 2.05) is 40.7 Å². The Balaban J connectivity index is 2.31. The predicted molar refractivity (Wildman–Crippen MR) is 70.2 cm³/mol. The standard InChI is InChI=1S/C12H17BO3S/c1-8-10(6-9(7-14)17-8)13-15-11(2,3)12(4,5)16-13/h6-7H,1-5H3. The van der Waals surface area contributed by atoms with Crippen LogP contribution < -0.4 is 5.46 Å². The molecule has 0 aromatic carbocycles. The van der Waals surface area contributed by atoms with Crippen molar-refractivity contribution in [2.24, 2.45) is 0 Å². The van der Waals surface area contributed by atoms with Gasteiger partial charge in [0.2, 0.25) is 0 Å². The minimum atomic E-state index is -0.370. The molecule has 1 aliphatic rings. The summed E-state index contributed by atoms with van der Waals surface area (Å²) in [5.41, 5.74) is 0.288. The molecule has 3 nitrogen and oxygen atoms in total. The maximum absolute atomic E-state index is 10.8. The minimum absolute atomic E-state index is 0.340. The highest BCUT2D eigenvalue weighted by Gasteiger charge is 2.52. The van der Waals surface area contributed by atoms with Crippen LogP contribution in [0.15, 0.2) is 6.07 Å². The van der Waals surface area contributed by atoms with Gasteiger partial charge in [0.1, 0.15) is 0 Å². The van der Waals surface area contributed by atoms with Crippen LogP contribution in [0.25, 0.3) is 0 Å². The van der Waals surface area contributed by atoms with Crippen molar-refractivity contribution in [3.8, 4) is 0 Å². The normalized spacial score (nSPS) is 21.8. The largest absolute Gasteiger partial charge is 0.495 e. The van der Waals surface area contributed by atoms with Crippen molar-refractivity contribution in [3.05, 3.63) is 15.8 Å². The van der Waals surface area contributed by atoms with Gasteiger partial charge in [0.25, 0.3) is 0 Å². The summed E-state index contributed by atoms with van der Waals surface area (Å²) in [6.45, 7) is 10.1. The van der Waals surface area contributed by atoms with E-state index in [-0.39, 0.29) is 18.3 Å². The molecule has 0 unspecified atom stereocenters. The zero-order valence-corrected chi connectivity index (χ0v) is 11.7. The Labute approximate surface area is 106 Å². The lowest BCUT2D eigenvalue weighted by atomic mass is 9.79. The van der Waals surface area contributed by atoms with Crippen molar-refractivity contribution in [2.75, 3.05) is 0 Å².